The van der Waals surface area contributed by atoms with Gasteiger partial charge in [0.05, 0.1) is 18.5 Å². The molecule has 150 valence electrons. The second-order valence-corrected chi connectivity index (χ2v) is 6.75. The number of amides is 1. The maximum absolute atomic E-state index is 13.9. The standard InChI is InChI=1S/C22H16ClFN4O2/c1-30-17-11-9-14(10-12-17)21-26-20(22(29)25-19-8-3-2-7-18(19)24)27-28(21)16-6-4-5-15(23)13-16/h2-13H,1H3,(H,25,29). The first kappa shape index (κ1) is 19.6. The number of carbonyl (C=O) groups excluding carboxylic acids is 1. The van der Waals surface area contributed by atoms with E-state index in [2.05, 4.69) is 15.4 Å². The minimum Gasteiger partial charge on any atom is -0.497 e. The zero-order chi connectivity index (χ0) is 21.1. The lowest BCUT2D eigenvalue weighted by Gasteiger charge is -2.07. The molecule has 1 amide bonds. The Morgan fingerprint density at radius 3 is 2.53 bits per heavy atom. The summed E-state index contributed by atoms with van der Waals surface area (Å²) < 4.78 is 20.6. The summed E-state index contributed by atoms with van der Waals surface area (Å²) in [5.74, 6) is -0.168. The third-order valence-corrected chi connectivity index (χ3v) is 4.57. The number of methoxy groups -OCH3 is 1. The maximum Gasteiger partial charge on any atom is 0.295 e. The predicted octanol–water partition coefficient (Wildman–Crippen LogP) is 4.99. The van der Waals surface area contributed by atoms with Gasteiger partial charge in [-0.1, -0.05) is 29.8 Å². The van der Waals surface area contributed by atoms with Crippen molar-refractivity contribution in [1.82, 2.24) is 14.8 Å². The van der Waals surface area contributed by atoms with E-state index in [1.54, 1.807) is 55.6 Å². The number of nitrogens with zero attached hydrogens (tertiary/aromatic N) is 3. The molecule has 1 N–H and O–H groups in total. The Morgan fingerprint density at radius 2 is 1.83 bits per heavy atom. The van der Waals surface area contributed by atoms with Crippen molar-refractivity contribution in [2.24, 2.45) is 0 Å². The van der Waals surface area contributed by atoms with Crippen LogP contribution in [0.4, 0.5) is 10.1 Å². The largest absolute Gasteiger partial charge is 0.497 e. The van der Waals surface area contributed by atoms with Crippen LogP contribution in [-0.4, -0.2) is 27.8 Å². The molecule has 0 saturated carbocycles. The number of para-hydroxylation sites is 1. The van der Waals surface area contributed by atoms with Crippen molar-refractivity contribution < 1.29 is 13.9 Å². The molecule has 1 aromatic heterocycles. The van der Waals surface area contributed by atoms with Gasteiger partial charge in [-0.05, 0) is 54.6 Å². The molecule has 0 aliphatic rings. The van der Waals surface area contributed by atoms with Crippen LogP contribution in [0.2, 0.25) is 5.02 Å². The Bertz CT molecular complexity index is 1210. The van der Waals surface area contributed by atoms with Crippen LogP contribution in [0.5, 0.6) is 5.75 Å². The summed E-state index contributed by atoms with van der Waals surface area (Å²) in [4.78, 5) is 17.1. The first-order chi connectivity index (χ1) is 14.5. The van der Waals surface area contributed by atoms with E-state index in [-0.39, 0.29) is 11.5 Å². The Balaban J connectivity index is 1.77. The van der Waals surface area contributed by atoms with Crippen LogP contribution in [0.15, 0.2) is 72.8 Å². The lowest BCUT2D eigenvalue weighted by atomic mass is 10.2. The second kappa shape index (κ2) is 8.34. The molecule has 1 heterocycles. The van der Waals surface area contributed by atoms with Gasteiger partial charge >= 0.3 is 0 Å². The van der Waals surface area contributed by atoms with Crippen molar-refractivity contribution in [3.63, 3.8) is 0 Å². The number of anilines is 1. The van der Waals surface area contributed by atoms with E-state index in [4.69, 9.17) is 16.3 Å². The van der Waals surface area contributed by atoms with Gasteiger partial charge in [0.1, 0.15) is 11.6 Å². The monoisotopic (exact) mass is 422 g/mol. The Labute approximate surface area is 176 Å². The molecular weight excluding hydrogens is 407 g/mol. The number of hydrogen-bond acceptors (Lipinski definition) is 4. The molecule has 4 rings (SSSR count). The van der Waals surface area contributed by atoms with Gasteiger partial charge in [-0.3, -0.25) is 4.79 Å². The molecule has 0 fully saturated rings. The number of aromatic nitrogens is 3. The summed E-state index contributed by atoms with van der Waals surface area (Å²) in [6.45, 7) is 0. The van der Waals surface area contributed by atoms with E-state index >= 15 is 0 Å². The summed E-state index contributed by atoms with van der Waals surface area (Å²) in [6, 6.07) is 20.1. The summed E-state index contributed by atoms with van der Waals surface area (Å²) in [7, 11) is 1.58. The number of nitrogens with one attached hydrogen (secondary N) is 1. The fourth-order valence-corrected chi connectivity index (χ4v) is 3.05. The zero-order valence-corrected chi connectivity index (χ0v) is 16.6. The van der Waals surface area contributed by atoms with Crippen molar-refractivity contribution in [2.45, 2.75) is 0 Å². The molecule has 0 radical (unpaired) electrons. The molecule has 30 heavy (non-hydrogen) atoms. The molecule has 0 saturated heterocycles. The van der Waals surface area contributed by atoms with Gasteiger partial charge in [-0.2, -0.15) is 0 Å². The van der Waals surface area contributed by atoms with Gasteiger partial charge in [0.2, 0.25) is 5.82 Å². The van der Waals surface area contributed by atoms with Crippen molar-refractivity contribution in [1.29, 1.82) is 0 Å². The summed E-state index contributed by atoms with van der Waals surface area (Å²) >= 11 is 6.13. The minimum absolute atomic E-state index is 0.0487. The van der Waals surface area contributed by atoms with Crippen LogP contribution in [0.1, 0.15) is 10.6 Å². The number of halogens is 2. The highest BCUT2D eigenvalue weighted by Crippen LogP contribution is 2.25. The van der Waals surface area contributed by atoms with Crippen molar-refractivity contribution >= 4 is 23.2 Å². The average molecular weight is 423 g/mol. The average Bonchev–Trinajstić information content (AvgIpc) is 3.21. The first-order valence-corrected chi connectivity index (χ1v) is 9.36. The van der Waals surface area contributed by atoms with E-state index < -0.39 is 11.7 Å². The van der Waals surface area contributed by atoms with Gasteiger partial charge in [-0.25, -0.2) is 14.1 Å². The van der Waals surface area contributed by atoms with Crippen LogP contribution >= 0.6 is 11.6 Å². The lowest BCUT2D eigenvalue weighted by Crippen LogP contribution is -2.15. The highest BCUT2D eigenvalue weighted by molar-refractivity contribution is 6.30. The summed E-state index contributed by atoms with van der Waals surface area (Å²) in [5, 5.41) is 7.36. The molecule has 3 aromatic carbocycles. The predicted molar refractivity (Wildman–Crippen MR) is 113 cm³/mol. The third-order valence-electron chi connectivity index (χ3n) is 4.33. The summed E-state index contributed by atoms with van der Waals surface area (Å²) in [5.41, 5.74) is 1.39. The number of carbonyl (C=O) groups is 1. The number of rotatable bonds is 5. The molecule has 0 aliphatic carbocycles. The van der Waals surface area contributed by atoms with Crippen LogP contribution in [-0.2, 0) is 0 Å². The van der Waals surface area contributed by atoms with Gasteiger partial charge in [-0.15, -0.1) is 5.10 Å². The van der Waals surface area contributed by atoms with Gasteiger partial charge < -0.3 is 10.1 Å². The molecule has 8 heteroatoms. The highest BCUT2D eigenvalue weighted by atomic mass is 35.5. The molecule has 0 atom stereocenters. The van der Waals surface area contributed by atoms with Gasteiger partial charge in [0.25, 0.3) is 5.91 Å². The van der Waals surface area contributed by atoms with Crippen LogP contribution in [0.25, 0.3) is 17.1 Å². The smallest absolute Gasteiger partial charge is 0.295 e. The third kappa shape index (κ3) is 4.01. The molecule has 0 bridgehead atoms. The molecule has 4 aromatic rings. The quantitative estimate of drug-likeness (QED) is 0.492. The van der Waals surface area contributed by atoms with Crippen molar-refractivity contribution in [3.05, 3.63) is 89.5 Å². The number of ether oxygens (including phenoxy) is 1. The SMILES string of the molecule is COc1ccc(-c2nc(C(=O)Nc3ccccc3F)nn2-c2cccc(Cl)c2)cc1. The van der Waals surface area contributed by atoms with E-state index in [0.717, 1.165) is 0 Å². The fraction of sp³-hybridized carbons (Fsp3) is 0.0455. The van der Waals surface area contributed by atoms with E-state index in [9.17, 15) is 9.18 Å². The highest BCUT2D eigenvalue weighted by Gasteiger charge is 2.20. The topological polar surface area (TPSA) is 69.0 Å². The molecular formula is C22H16ClFN4O2. The van der Waals surface area contributed by atoms with Crippen molar-refractivity contribution in [2.75, 3.05) is 12.4 Å². The summed E-state index contributed by atoms with van der Waals surface area (Å²) in [6.07, 6.45) is 0. The Morgan fingerprint density at radius 1 is 1.07 bits per heavy atom. The molecule has 6 nitrogen and oxygen atoms in total. The Kier molecular flexibility index (Phi) is 5.45. The molecule has 0 aliphatic heterocycles. The van der Waals surface area contributed by atoms with Gasteiger partial charge in [0.15, 0.2) is 5.82 Å². The van der Waals surface area contributed by atoms with Crippen LogP contribution in [0.3, 0.4) is 0 Å². The molecule has 0 spiro atoms. The number of benzene rings is 3. The zero-order valence-electron chi connectivity index (χ0n) is 15.8. The van der Waals surface area contributed by atoms with Crippen LogP contribution < -0.4 is 10.1 Å². The number of hydrogen-bond donors (Lipinski definition) is 1. The van der Waals surface area contributed by atoms with E-state index in [1.807, 2.05) is 12.1 Å². The van der Waals surface area contributed by atoms with Gasteiger partial charge in [0, 0.05) is 10.6 Å². The fourth-order valence-electron chi connectivity index (χ4n) is 2.86. The first-order valence-electron chi connectivity index (χ1n) is 8.98. The molecule has 0 unspecified atom stereocenters. The van der Waals surface area contributed by atoms with Crippen molar-refractivity contribution in [3.8, 4) is 22.8 Å². The van der Waals surface area contributed by atoms with E-state index in [1.165, 1.54) is 16.8 Å². The van der Waals surface area contributed by atoms with E-state index in [0.29, 0.717) is 27.8 Å². The lowest BCUT2D eigenvalue weighted by molar-refractivity contribution is 0.101. The Hall–Kier alpha value is -3.71. The minimum atomic E-state index is -0.629. The van der Waals surface area contributed by atoms with Crippen LogP contribution in [0, 0.1) is 5.82 Å². The normalized spacial score (nSPS) is 10.6. The second-order valence-electron chi connectivity index (χ2n) is 6.31. The maximum atomic E-state index is 13.9.